The summed E-state index contributed by atoms with van der Waals surface area (Å²) in [5.41, 5.74) is -0.491. The van der Waals surface area contributed by atoms with Crippen molar-refractivity contribution < 1.29 is 24.0 Å². The van der Waals surface area contributed by atoms with Gasteiger partial charge in [-0.1, -0.05) is 0 Å². The first kappa shape index (κ1) is 19.7. The smallest absolute Gasteiger partial charge is 0.342 e. The summed E-state index contributed by atoms with van der Waals surface area (Å²) < 4.78 is 10.4. The Kier molecular flexibility index (Phi) is 4.96. The summed E-state index contributed by atoms with van der Waals surface area (Å²) in [5.74, 6) is 1.09. The molecule has 0 aromatic heterocycles. The highest BCUT2D eigenvalue weighted by molar-refractivity contribution is 5.95. The number of carbonyl (C=O) groups is 2. The van der Waals surface area contributed by atoms with Crippen LogP contribution in [0.15, 0.2) is 18.2 Å². The number of nitrogens with zero attached hydrogens (tertiary/aromatic N) is 1. The van der Waals surface area contributed by atoms with Gasteiger partial charge in [0.1, 0.15) is 11.3 Å². The average Bonchev–Trinajstić information content (AvgIpc) is 2.65. The summed E-state index contributed by atoms with van der Waals surface area (Å²) >= 11 is 0. The number of nitro groups is 1. The second-order valence-electron chi connectivity index (χ2n) is 8.88. The molecule has 8 nitrogen and oxygen atoms in total. The van der Waals surface area contributed by atoms with E-state index in [1.165, 1.54) is 45.4 Å². The normalized spacial score (nSPS) is 30.5. The van der Waals surface area contributed by atoms with E-state index in [1.807, 2.05) is 0 Å². The largest absolute Gasteiger partial charge is 0.496 e. The molecule has 0 aliphatic heterocycles. The molecule has 0 unspecified atom stereocenters. The Balaban J connectivity index is 1.43. The van der Waals surface area contributed by atoms with Gasteiger partial charge in [-0.15, -0.1) is 0 Å². The third-order valence-corrected chi connectivity index (χ3v) is 6.69. The number of ether oxygens (including phenoxy) is 2. The quantitative estimate of drug-likeness (QED) is 0.445. The van der Waals surface area contributed by atoms with Gasteiger partial charge in [0.15, 0.2) is 6.10 Å². The summed E-state index contributed by atoms with van der Waals surface area (Å²) in [7, 11) is 1.36. The number of amides is 1. The van der Waals surface area contributed by atoms with E-state index in [9.17, 15) is 19.7 Å². The Morgan fingerprint density at radius 1 is 1.17 bits per heavy atom. The van der Waals surface area contributed by atoms with E-state index in [-0.39, 0.29) is 28.4 Å². The van der Waals surface area contributed by atoms with Crippen LogP contribution in [0.3, 0.4) is 0 Å². The lowest BCUT2D eigenvalue weighted by Crippen LogP contribution is -2.61. The van der Waals surface area contributed by atoms with Crippen LogP contribution >= 0.6 is 0 Å². The van der Waals surface area contributed by atoms with Crippen LogP contribution in [0, 0.1) is 27.9 Å². The average molecular weight is 402 g/mol. The third-order valence-electron chi connectivity index (χ3n) is 6.69. The van der Waals surface area contributed by atoms with E-state index in [2.05, 4.69) is 5.32 Å². The van der Waals surface area contributed by atoms with Gasteiger partial charge in [0.05, 0.1) is 12.0 Å². The van der Waals surface area contributed by atoms with Crippen LogP contribution in [-0.4, -0.2) is 35.6 Å². The fourth-order valence-electron chi connectivity index (χ4n) is 5.87. The molecule has 1 aromatic carbocycles. The number of nitro benzene ring substituents is 1. The molecule has 156 valence electrons. The van der Waals surface area contributed by atoms with Crippen LogP contribution in [0.2, 0.25) is 0 Å². The number of rotatable bonds is 6. The lowest BCUT2D eigenvalue weighted by atomic mass is 9.53. The van der Waals surface area contributed by atoms with Gasteiger partial charge in [-0.05, 0) is 69.3 Å². The fraction of sp³-hybridized carbons (Fsp3) is 0.619. The zero-order chi connectivity index (χ0) is 20.8. The number of methoxy groups -OCH3 is 1. The van der Waals surface area contributed by atoms with Crippen molar-refractivity contribution in [3.63, 3.8) is 0 Å². The van der Waals surface area contributed by atoms with Crippen LogP contribution in [-0.2, 0) is 9.53 Å². The van der Waals surface area contributed by atoms with E-state index in [0.717, 1.165) is 25.3 Å². The molecule has 4 fully saturated rings. The van der Waals surface area contributed by atoms with Crippen molar-refractivity contribution in [2.45, 2.75) is 57.1 Å². The molecule has 1 N–H and O–H groups in total. The molecule has 4 saturated carbocycles. The summed E-state index contributed by atoms with van der Waals surface area (Å²) in [4.78, 5) is 35.8. The first-order valence-electron chi connectivity index (χ1n) is 10.1. The first-order valence-corrected chi connectivity index (χ1v) is 10.1. The molecule has 0 saturated heterocycles. The summed E-state index contributed by atoms with van der Waals surface area (Å²) in [5, 5.41) is 14.2. The number of esters is 1. The number of carbonyl (C=O) groups excluding carboxylic acids is 2. The van der Waals surface area contributed by atoms with Crippen molar-refractivity contribution in [2.75, 3.05) is 7.11 Å². The molecular formula is C21H26N2O6. The van der Waals surface area contributed by atoms with E-state index >= 15 is 0 Å². The molecule has 4 bridgehead atoms. The molecule has 0 heterocycles. The maximum atomic E-state index is 12.8. The highest BCUT2D eigenvalue weighted by atomic mass is 16.6. The van der Waals surface area contributed by atoms with E-state index in [0.29, 0.717) is 17.8 Å². The molecule has 4 aliphatic rings. The SMILES string of the molecule is COc1ccc([N+](=O)[O-])cc1C(=O)O[C@H](C)C(=O)NC12CC3CC(CC(C3)C1)C2. The second kappa shape index (κ2) is 7.31. The highest BCUT2D eigenvalue weighted by Gasteiger charge is 2.51. The minimum atomic E-state index is -1.00. The van der Waals surface area contributed by atoms with Gasteiger partial charge in [0.25, 0.3) is 11.6 Å². The maximum Gasteiger partial charge on any atom is 0.342 e. The summed E-state index contributed by atoms with van der Waals surface area (Å²) in [6.07, 6.45) is 5.82. The van der Waals surface area contributed by atoms with E-state index in [1.54, 1.807) is 0 Å². The number of non-ortho nitro benzene ring substituents is 1. The molecule has 29 heavy (non-hydrogen) atoms. The van der Waals surface area contributed by atoms with Gasteiger partial charge in [0, 0.05) is 17.7 Å². The van der Waals surface area contributed by atoms with Crippen molar-refractivity contribution >= 4 is 17.6 Å². The Labute approximate surface area is 169 Å². The molecular weight excluding hydrogens is 376 g/mol. The zero-order valence-electron chi connectivity index (χ0n) is 16.7. The zero-order valence-corrected chi connectivity index (χ0v) is 16.7. The molecule has 1 aromatic rings. The van der Waals surface area contributed by atoms with Crippen molar-refractivity contribution in [1.29, 1.82) is 0 Å². The Hall–Kier alpha value is -2.64. The van der Waals surface area contributed by atoms with Crippen molar-refractivity contribution in [2.24, 2.45) is 17.8 Å². The standard InChI is InChI=1S/C21H26N2O6/c1-12(29-20(25)17-8-16(23(26)27)3-4-18(17)28-2)19(24)22-21-9-13-5-14(10-21)7-15(6-13)11-21/h3-4,8,12-15H,5-7,9-11H2,1-2H3,(H,22,24)/t12-,13?,14?,15?,21?/m1/s1. The molecule has 5 rings (SSSR count). The van der Waals surface area contributed by atoms with Gasteiger partial charge in [0.2, 0.25) is 0 Å². The lowest BCUT2D eigenvalue weighted by Gasteiger charge is -2.57. The summed E-state index contributed by atoms with van der Waals surface area (Å²) in [6.45, 7) is 1.53. The molecule has 0 spiro atoms. The van der Waals surface area contributed by atoms with E-state index < -0.39 is 17.0 Å². The van der Waals surface area contributed by atoms with Crippen LogP contribution in [0.4, 0.5) is 5.69 Å². The first-order chi connectivity index (χ1) is 13.8. The van der Waals surface area contributed by atoms with Gasteiger partial charge in [-0.2, -0.15) is 0 Å². The van der Waals surface area contributed by atoms with Crippen molar-refractivity contribution in [3.05, 3.63) is 33.9 Å². The van der Waals surface area contributed by atoms with Crippen LogP contribution in [0.1, 0.15) is 55.8 Å². The van der Waals surface area contributed by atoms with Crippen molar-refractivity contribution in [1.82, 2.24) is 5.32 Å². The second-order valence-corrected chi connectivity index (χ2v) is 8.88. The molecule has 0 radical (unpaired) electrons. The monoisotopic (exact) mass is 402 g/mol. The minimum Gasteiger partial charge on any atom is -0.496 e. The Bertz CT molecular complexity index is 816. The minimum absolute atomic E-state index is 0.0730. The number of nitrogens with one attached hydrogen (secondary N) is 1. The molecule has 1 atom stereocenters. The number of hydrogen-bond donors (Lipinski definition) is 1. The number of hydrogen-bond acceptors (Lipinski definition) is 6. The van der Waals surface area contributed by atoms with Crippen molar-refractivity contribution in [3.8, 4) is 5.75 Å². The predicted octanol–water partition coefficient (Wildman–Crippen LogP) is 3.23. The van der Waals surface area contributed by atoms with Gasteiger partial charge in [-0.3, -0.25) is 14.9 Å². The molecule has 8 heteroatoms. The Morgan fingerprint density at radius 3 is 2.28 bits per heavy atom. The number of benzene rings is 1. The van der Waals surface area contributed by atoms with E-state index in [4.69, 9.17) is 9.47 Å². The van der Waals surface area contributed by atoms with Gasteiger partial charge in [-0.25, -0.2) is 4.79 Å². The van der Waals surface area contributed by atoms with Gasteiger partial charge >= 0.3 is 5.97 Å². The Morgan fingerprint density at radius 2 is 1.76 bits per heavy atom. The fourth-order valence-corrected chi connectivity index (χ4v) is 5.87. The predicted molar refractivity (Wildman–Crippen MR) is 104 cm³/mol. The summed E-state index contributed by atoms with van der Waals surface area (Å²) in [6, 6.07) is 3.69. The highest BCUT2D eigenvalue weighted by Crippen LogP contribution is 2.55. The van der Waals surface area contributed by atoms with Crippen LogP contribution in [0.25, 0.3) is 0 Å². The van der Waals surface area contributed by atoms with Crippen LogP contribution < -0.4 is 10.1 Å². The third kappa shape index (κ3) is 3.80. The van der Waals surface area contributed by atoms with Crippen LogP contribution in [0.5, 0.6) is 5.75 Å². The molecule has 1 amide bonds. The topological polar surface area (TPSA) is 108 Å². The lowest BCUT2D eigenvalue weighted by molar-refractivity contribution is -0.384. The maximum absolute atomic E-state index is 12.8. The van der Waals surface area contributed by atoms with Gasteiger partial charge < -0.3 is 14.8 Å². The molecule has 4 aliphatic carbocycles.